The number of benzene rings is 1. The molecule has 1 aliphatic heterocycles. The number of ether oxygens (including phenoxy) is 1. The average Bonchev–Trinajstić information content (AvgIpc) is 2.54. The Morgan fingerprint density at radius 3 is 2.68 bits per heavy atom. The molecule has 1 aromatic carbocycles. The van der Waals surface area contributed by atoms with Crippen LogP contribution in [0.3, 0.4) is 0 Å². The highest BCUT2D eigenvalue weighted by Crippen LogP contribution is 2.25. The number of carbonyl (C=O) groups excluding carboxylic acids is 3. The summed E-state index contributed by atoms with van der Waals surface area (Å²) in [7, 11) is 1.36. The Morgan fingerprint density at radius 2 is 2.00 bits per heavy atom. The largest absolute Gasteiger partial charge is 0.469 e. The molecule has 1 heterocycles. The number of carbonyl (C=O) groups is 3. The van der Waals surface area contributed by atoms with Crippen molar-refractivity contribution in [3.63, 3.8) is 0 Å². The lowest BCUT2D eigenvalue weighted by atomic mass is 9.91. The fourth-order valence-electron chi connectivity index (χ4n) is 2.69. The van der Waals surface area contributed by atoms with Gasteiger partial charge in [-0.05, 0) is 24.8 Å². The highest BCUT2D eigenvalue weighted by molar-refractivity contribution is 5.98. The van der Waals surface area contributed by atoms with E-state index >= 15 is 0 Å². The Bertz CT molecular complexity index is 541. The Balaban J connectivity index is 1.93. The predicted molar refractivity (Wildman–Crippen MR) is 80.6 cm³/mol. The normalized spacial score (nSPS) is 18.4. The zero-order valence-electron chi connectivity index (χ0n) is 12.8. The van der Waals surface area contributed by atoms with Gasteiger partial charge in [-0.2, -0.15) is 0 Å². The Hall–Kier alpha value is -2.17. The summed E-state index contributed by atoms with van der Waals surface area (Å²) in [5.74, 6) is -0.672. The number of methoxy groups -OCH3 is 1. The van der Waals surface area contributed by atoms with Gasteiger partial charge in [-0.25, -0.2) is 0 Å². The minimum atomic E-state index is -0.263. The number of nitrogens with zero attached hydrogens (tertiary/aromatic N) is 1. The molecular weight excluding hydrogens is 282 g/mol. The number of hydrogen-bond acceptors (Lipinski definition) is 4. The van der Waals surface area contributed by atoms with Crippen LogP contribution in [0.15, 0.2) is 30.3 Å². The van der Waals surface area contributed by atoms with Gasteiger partial charge in [0.25, 0.3) is 0 Å². The molecule has 0 radical (unpaired) electrons. The van der Waals surface area contributed by atoms with Crippen molar-refractivity contribution in [1.29, 1.82) is 0 Å². The Kier molecular flexibility index (Phi) is 5.69. The maximum Gasteiger partial charge on any atom is 0.305 e. The lowest BCUT2D eigenvalue weighted by Crippen LogP contribution is -2.44. The van der Waals surface area contributed by atoms with Crippen molar-refractivity contribution in [2.75, 3.05) is 7.11 Å². The van der Waals surface area contributed by atoms with Crippen LogP contribution < -0.4 is 0 Å². The van der Waals surface area contributed by atoms with E-state index in [1.165, 1.54) is 12.0 Å². The van der Waals surface area contributed by atoms with Crippen LogP contribution in [0, 0.1) is 5.92 Å². The number of piperidine rings is 1. The van der Waals surface area contributed by atoms with Gasteiger partial charge in [-0.15, -0.1) is 0 Å². The van der Waals surface area contributed by atoms with Crippen LogP contribution in [0.2, 0.25) is 0 Å². The summed E-state index contributed by atoms with van der Waals surface area (Å²) in [5.41, 5.74) is 0.944. The van der Waals surface area contributed by atoms with E-state index < -0.39 is 0 Å². The van der Waals surface area contributed by atoms with Gasteiger partial charge >= 0.3 is 5.97 Å². The van der Waals surface area contributed by atoms with Crippen molar-refractivity contribution < 1.29 is 19.1 Å². The van der Waals surface area contributed by atoms with Crippen LogP contribution in [0.1, 0.15) is 37.7 Å². The topological polar surface area (TPSA) is 63.7 Å². The maximum absolute atomic E-state index is 12.5. The lowest BCUT2D eigenvalue weighted by Gasteiger charge is -2.30. The van der Waals surface area contributed by atoms with E-state index in [1.54, 1.807) is 0 Å². The van der Waals surface area contributed by atoms with Crippen LogP contribution in [0.25, 0.3) is 0 Å². The molecule has 0 saturated carbocycles. The number of imide groups is 1. The molecule has 2 amide bonds. The van der Waals surface area contributed by atoms with Crippen molar-refractivity contribution >= 4 is 17.8 Å². The highest BCUT2D eigenvalue weighted by atomic mass is 16.5. The van der Waals surface area contributed by atoms with Gasteiger partial charge in [0.1, 0.15) is 0 Å². The molecule has 5 heteroatoms. The summed E-state index contributed by atoms with van der Waals surface area (Å²) in [5, 5.41) is 0. The van der Waals surface area contributed by atoms with Crippen molar-refractivity contribution in [3.05, 3.63) is 35.9 Å². The molecule has 1 fully saturated rings. The Morgan fingerprint density at radius 1 is 1.27 bits per heavy atom. The van der Waals surface area contributed by atoms with Gasteiger partial charge in [0, 0.05) is 18.8 Å². The van der Waals surface area contributed by atoms with Crippen molar-refractivity contribution in [3.8, 4) is 0 Å². The third-order valence-electron chi connectivity index (χ3n) is 3.97. The summed E-state index contributed by atoms with van der Waals surface area (Å²) >= 11 is 0. The standard InChI is InChI=1S/C17H21NO4/c1-22-16(20)9-5-8-14-10-11-15(19)18(17(14)21)12-13-6-3-2-4-7-13/h2-4,6-7,14H,5,8-12H2,1H3. The molecule has 22 heavy (non-hydrogen) atoms. The van der Waals surface area contributed by atoms with E-state index in [4.69, 9.17) is 0 Å². The molecule has 0 aliphatic carbocycles. The van der Waals surface area contributed by atoms with E-state index in [1.807, 2.05) is 30.3 Å². The highest BCUT2D eigenvalue weighted by Gasteiger charge is 2.33. The fourth-order valence-corrected chi connectivity index (χ4v) is 2.69. The monoisotopic (exact) mass is 303 g/mol. The molecule has 0 spiro atoms. The van der Waals surface area contributed by atoms with E-state index in [2.05, 4.69) is 4.74 Å². The minimum absolute atomic E-state index is 0.113. The number of rotatable bonds is 6. The number of likely N-dealkylation sites (tertiary alicyclic amines) is 1. The van der Waals surface area contributed by atoms with Crippen molar-refractivity contribution in [2.24, 2.45) is 5.92 Å². The number of amides is 2. The number of hydrogen-bond donors (Lipinski definition) is 0. The zero-order chi connectivity index (χ0) is 15.9. The fraction of sp³-hybridized carbons (Fsp3) is 0.471. The summed E-state index contributed by atoms with van der Waals surface area (Å²) in [6.07, 6.45) is 2.50. The molecule has 5 nitrogen and oxygen atoms in total. The summed E-state index contributed by atoms with van der Waals surface area (Å²) in [4.78, 5) is 37.0. The van der Waals surface area contributed by atoms with E-state index in [0.29, 0.717) is 38.6 Å². The van der Waals surface area contributed by atoms with Crippen LogP contribution >= 0.6 is 0 Å². The first kappa shape index (κ1) is 16.2. The lowest BCUT2D eigenvalue weighted by molar-refractivity contribution is -0.153. The summed E-state index contributed by atoms with van der Waals surface area (Å²) in [6.45, 7) is 0.325. The smallest absolute Gasteiger partial charge is 0.305 e. The third-order valence-corrected chi connectivity index (χ3v) is 3.97. The van der Waals surface area contributed by atoms with Crippen molar-refractivity contribution in [1.82, 2.24) is 4.90 Å². The minimum Gasteiger partial charge on any atom is -0.469 e. The van der Waals surface area contributed by atoms with Gasteiger partial charge in [-0.3, -0.25) is 19.3 Å². The van der Waals surface area contributed by atoms with Crippen LogP contribution in [0.4, 0.5) is 0 Å². The SMILES string of the molecule is COC(=O)CCCC1CCC(=O)N(Cc2ccccc2)C1=O. The van der Waals surface area contributed by atoms with Gasteiger partial charge in [0.2, 0.25) is 11.8 Å². The van der Waals surface area contributed by atoms with Crippen LogP contribution in [0.5, 0.6) is 0 Å². The molecule has 1 unspecified atom stereocenters. The first-order chi connectivity index (χ1) is 10.6. The van der Waals surface area contributed by atoms with Gasteiger partial charge < -0.3 is 4.74 Å². The summed E-state index contributed by atoms with van der Waals surface area (Å²) < 4.78 is 4.60. The maximum atomic E-state index is 12.5. The molecule has 1 saturated heterocycles. The third kappa shape index (κ3) is 4.16. The molecular formula is C17H21NO4. The van der Waals surface area contributed by atoms with E-state index in [-0.39, 0.29) is 23.7 Å². The van der Waals surface area contributed by atoms with Crippen LogP contribution in [-0.4, -0.2) is 29.8 Å². The quantitative estimate of drug-likeness (QED) is 0.597. The Labute approximate surface area is 130 Å². The molecule has 1 aliphatic rings. The predicted octanol–water partition coefficient (Wildman–Crippen LogP) is 2.30. The van der Waals surface area contributed by atoms with Gasteiger partial charge in [-0.1, -0.05) is 30.3 Å². The molecule has 1 atom stereocenters. The van der Waals surface area contributed by atoms with E-state index in [0.717, 1.165) is 5.56 Å². The molecule has 0 N–H and O–H groups in total. The molecule has 118 valence electrons. The average molecular weight is 303 g/mol. The second-order valence-electron chi connectivity index (χ2n) is 5.51. The molecule has 1 aromatic rings. The van der Waals surface area contributed by atoms with Gasteiger partial charge in [0.05, 0.1) is 13.7 Å². The van der Waals surface area contributed by atoms with Crippen molar-refractivity contribution in [2.45, 2.75) is 38.6 Å². The second kappa shape index (κ2) is 7.73. The molecule has 0 bridgehead atoms. The summed E-state index contributed by atoms with van der Waals surface area (Å²) in [6, 6.07) is 9.49. The van der Waals surface area contributed by atoms with Gasteiger partial charge in [0.15, 0.2) is 0 Å². The molecule has 2 rings (SSSR count). The first-order valence-electron chi connectivity index (χ1n) is 7.56. The second-order valence-corrected chi connectivity index (χ2v) is 5.51. The van der Waals surface area contributed by atoms with Crippen LogP contribution in [-0.2, 0) is 25.7 Å². The first-order valence-corrected chi connectivity index (χ1v) is 7.56. The van der Waals surface area contributed by atoms with E-state index in [9.17, 15) is 14.4 Å². The molecule has 0 aromatic heterocycles. The zero-order valence-corrected chi connectivity index (χ0v) is 12.8. The number of esters is 1.